The van der Waals surface area contributed by atoms with Gasteiger partial charge in [0.1, 0.15) is 23.0 Å². The van der Waals surface area contributed by atoms with Gasteiger partial charge >= 0.3 is 31.3 Å². The molecule has 0 saturated heterocycles. The first-order valence-electron chi connectivity index (χ1n) is 12.1. The zero-order valence-electron chi connectivity index (χ0n) is 23.9. The molecule has 0 aliphatic heterocycles. The maximum atomic E-state index is 12.5. The lowest BCUT2D eigenvalue weighted by molar-refractivity contribution is -0.0500. The number of halogens is 6. The molecule has 0 amide bonds. The molecule has 46 heavy (non-hydrogen) atoms. The number of phenolic OH excluding ortho intramolecular Hbond substituents is 4. The fourth-order valence-electron chi connectivity index (χ4n) is 4.07. The molecule has 0 atom stereocenters. The Morgan fingerprint density at radius 2 is 1.00 bits per heavy atom. The molecular weight excluding hydrogens is 715 g/mol. The van der Waals surface area contributed by atoms with Crippen LogP contribution in [0.1, 0.15) is 0 Å². The van der Waals surface area contributed by atoms with E-state index < -0.39 is 51.9 Å². The molecule has 0 aliphatic carbocycles. The van der Waals surface area contributed by atoms with Crippen molar-refractivity contribution in [2.75, 3.05) is 25.0 Å². The van der Waals surface area contributed by atoms with Crippen molar-refractivity contribution in [1.29, 1.82) is 0 Å². The van der Waals surface area contributed by atoms with E-state index in [2.05, 4.69) is 7.26 Å². The Kier molecular flexibility index (Phi) is 10.0. The molecule has 4 rings (SSSR count). The summed E-state index contributed by atoms with van der Waals surface area (Å²) in [4.78, 5) is 0.213. The minimum atomic E-state index is -5.80. The normalized spacial score (nSPS) is 14.1. The molecule has 0 aromatic heterocycles. The van der Waals surface area contributed by atoms with Crippen LogP contribution in [0.25, 0.3) is 21.5 Å². The molecule has 0 spiro atoms. The van der Waals surface area contributed by atoms with E-state index >= 15 is 0 Å². The van der Waals surface area contributed by atoms with Crippen molar-refractivity contribution in [3.63, 3.8) is 0 Å². The summed E-state index contributed by atoms with van der Waals surface area (Å²) < 4.78 is 129. The van der Waals surface area contributed by atoms with Crippen LogP contribution in [0.5, 0.6) is 23.0 Å². The highest BCUT2D eigenvalue weighted by Gasteiger charge is 2.51. The van der Waals surface area contributed by atoms with Gasteiger partial charge in [-0.2, -0.15) is 43.2 Å². The van der Waals surface area contributed by atoms with Gasteiger partial charge in [-0.05, 0) is 73.6 Å². The second kappa shape index (κ2) is 12.4. The average molecular weight is 741 g/mol. The predicted molar refractivity (Wildman–Crippen MR) is 162 cm³/mol. The fourth-order valence-corrected chi connectivity index (χ4v) is 11.1. The van der Waals surface area contributed by atoms with Crippen LogP contribution in [-0.4, -0.2) is 73.3 Å². The summed E-state index contributed by atoms with van der Waals surface area (Å²) in [5.41, 5.74) is -11.1. The van der Waals surface area contributed by atoms with Crippen molar-refractivity contribution in [1.82, 2.24) is 0 Å². The van der Waals surface area contributed by atoms with Crippen LogP contribution in [0.15, 0.2) is 70.5 Å². The van der Waals surface area contributed by atoms with E-state index in [4.69, 9.17) is 0 Å². The molecule has 0 radical (unpaired) electrons. The minimum Gasteiger partial charge on any atom is -0.508 e. The fraction of sp³-hybridized carbons (Fsp3) is 0.231. The number of fused-ring (bicyclic) bond motifs is 2. The van der Waals surface area contributed by atoms with Crippen molar-refractivity contribution in [3.05, 3.63) is 60.7 Å². The number of benzene rings is 4. The van der Waals surface area contributed by atoms with Gasteiger partial charge < -0.3 is 20.4 Å². The summed E-state index contributed by atoms with van der Waals surface area (Å²) >= 11 is 0. The summed E-state index contributed by atoms with van der Waals surface area (Å²) in [6.45, 7) is 0. The van der Waals surface area contributed by atoms with E-state index in [0.29, 0.717) is 0 Å². The van der Waals surface area contributed by atoms with Crippen LogP contribution >= 0.6 is 20.6 Å². The van der Waals surface area contributed by atoms with Crippen LogP contribution in [0.3, 0.4) is 0 Å². The maximum Gasteiger partial charge on any atom is 0.523 e. The third kappa shape index (κ3) is 7.63. The topological polar surface area (TPSA) is 168 Å². The molecule has 0 saturated carbocycles. The smallest absolute Gasteiger partial charge is 0.508 e. The molecule has 0 bridgehead atoms. The van der Waals surface area contributed by atoms with Gasteiger partial charge in [0.15, 0.2) is 0 Å². The van der Waals surface area contributed by atoms with E-state index in [1.165, 1.54) is 85.7 Å². The lowest BCUT2D eigenvalue weighted by atomic mass is 10.1. The van der Waals surface area contributed by atoms with Gasteiger partial charge in [-0.3, -0.25) is 0 Å². The highest BCUT2D eigenvalue weighted by atomic mass is 32.3. The first-order chi connectivity index (χ1) is 20.7. The molecule has 0 heterocycles. The number of alkyl halides is 6. The van der Waals surface area contributed by atoms with Gasteiger partial charge in [-0.1, -0.05) is 32.8 Å². The molecule has 0 unspecified atom stereocenters. The molecule has 256 valence electrons. The first-order valence-corrected chi connectivity index (χ1v) is 19.7. The Labute approximate surface area is 262 Å². The van der Waals surface area contributed by atoms with E-state index in [1.54, 1.807) is 0 Å². The first kappa shape index (κ1) is 37.2. The Morgan fingerprint density at radius 3 is 1.50 bits per heavy atom. The van der Waals surface area contributed by atoms with E-state index in [0.717, 1.165) is 0 Å². The molecule has 0 fully saturated rings. The Balaban J connectivity index is 0.000000250. The molecule has 4 N–H and O–H groups in total. The maximum absolute atomic E-state index is 12.5. The van der Waals surface area contributed by atoms with Gasteiger partial charge in [0.25, 0.3) is 0 Å². The van der Waals surface area contributed by atoms with Crippen molar-refractivity contribution < 1.29 is 70.9 Å². The third-order valence-corrected chi connectivity index (χ3v) is 14.1. The Hall–Kier alpha value is -3.30. The van der Waals surface area contributed by atoms with Gasteiger partial charge in [-0.15, -0.1) is 0 Å². The van der Waals surface area contributed by atoms with E-state index in [1.807, 2.05) is 0 Å². The van der Waals surface area contributed by atoms with Crippen LogP contribution < -0.4 is 0 Å². The zero-order valence-corrected chi connectivity index (χ0v) is 27.2. The van der Waals surface area contributed by atoms with Gasteiger partial charge in [0, 0.05) is 31.3 Å². The van der Waals surface area contributed by atoms with Crippen LogP contribution in [0, 0.1) is 0 Å². The SMILES string of the molecule is CS(C)(OS(=O)(=O)C(F)(F)F)c1ccc(O)c2ccc(O)cc12.CS(C)(OS(=O)(=O)C(F)(F)F)c1ccc(O)c2cccc(O)c12. The monoisotopic (exact) mass is 740 g/mol. The van der Waals surface area contributed by atoms with Crippen molar-refractivity contribution in [2.45, 2.75) is 20.8 Å². The number of hydrogen-bond donors (Lipinski definition) is 4. The number of rotatable bonds is 6. The number of phenols is 4. The Bertz CT molecular complexity index is 2010. The summed E-state index contributed by atoms with van der Waals surface area (Å²) in [6, 6.07) is 13.0. The van der Waals surface area contributed by atoms with Gasteiger partial charge in [0.2, 0.25) is 0 Å². The zero-order chi connectivity index (χ0) is 35.3. The van der Waals surface area contributed by atoms with E-state index in [-0.39, 0.29) is 54.3 Å². The summed E-state index contributed by atoms with van der Waals surface area (Å²) in [7, 11) is -17.4. The number of hydrogen-bond acceptors (Lipinski definition) is 10. The van der Waals surface area contributed by atoms with Crippen LogP contribution in [0.2, 0.25) is 0 Å². The lowest BCUT2D eigenvalue weighted by Crippen LogP contribution is -2.26. The molecular formula is C26H26F6O10S4. The number of aromatic hydroxyl groups is 4. The van der Waals surface area contributed by atoms with Gasteiger partial charge in [0.05, 0.1) is 0 Å². The summed E-state index contributed by atoms with van der Waals surface area (Å²) in [6.07, 6.45) is 4.86. The van der Waals surface area contributed by atoms with Crippen LogP contribution in [0.4, 0.5) is 26.3 Å². The van der Waals surface area contributed by atoms with Crippen molar-refractivity contribution >= 4 is 62.4 Å². The van der Waals surface area contributed by atoms with Crippen molar-refractivity contribution in [2.24, 2.45) is 0 Å². The summed E-state index contributed by atoms with van der Waals surface area (Å²) in [5.74, 6) is -0.841. The lowest BCUT2D eigenvalue weighted by Gasteiger charge is -2.31. The highest BCUT2D eigenvalue weighted by Crippen LogP contribution is 2.58. The molecule has 20 heteroatoms. The standard InChI is InChI=1S/2C13H13F3O5S2/c1-22(2,21-23(19,20)13(14,15)16)12-6-5-11(18)9-4-3-8(17)7-10(9)12;1-22(2,21-23(19,20)13(14,15)16)11-7-6-9(17)8-4-3-5-10(18)12(8)11/h2*3-7,17-18H,1-2H3. The molecule has 4 aromatic rings. The molecule has 4 aromatic carbocycles. The largest absolute Gasteiger partial charge is 0.523 e. The summed E-state index contributed by atoms with van der Waals surface area (Å²) in [5, 5.41) is 39.8. The predicted octanol–water partition coefficient (Wildman–Crippen LogP) is 6.91. The highest BCUT2D eigenvalue weighted by molar-refractivity contribution is 8.32. The Morgan fingerprint density at radius 1 is 0.543 bits per heavy atom. The second-order valence-corrected chi connectivity index (χ2v) is 19.6. The van der Waals surface area contributed by atoms with Crippen molar-refractivity contribution in [3.8, 4) is 23.0 Å². The molecule has 0 aliphatic rings. The minimum absolute atomic E-state index is 0.0462. The average Bonchev–Trinajstić information content (AvgIpc) is 2.87. The quantitative estimate of drug-likeness (QED) is 0.120. The van der Waals surface area contributed by atoms with E-state index in [9.17, 15) is 63.6 Å². The third-order valence-electron chi connectivity index (χ3n) is 6.04. The van der Waals surface area contributed by atoms with Crippen LogP contribution in [-0.2, 0) is 27.5 Å². The molecule has 10 nitrogen and oxygen atoms in total. The van der Waals surface area contributed by atoms with Gasteiger partial charge in [-0.25, -0.2) is 7.26 Å². The second-order valence-electron chi connectivity index (χ2n) is 10.00.